The molecular weight excluding hydrogens is 202 g/mol. The maximum Gasteiger partial charge on any atom is 0.0732 e. The molecule has 0 bridgehead atoms. The lowest BCUT2D eigenvalue weighted by Gasteiger charge is -2.27. The van der Waals surface area contributed by atoms with Gasteiger partial charge in [0.25, 0.3) is 0 Å². The minimum atomic E-state index is -1.11. The molecule has 0 aromatic rings. The Labute approximate surface area is 92.2 Å². The van der Waals surface area contributed by atoms with E-state index in [0.29, 0.717) is 0 Å². The first-order chi connectivity index (χ1) is 6.02. The van der Waals surface area contributed by atoms with Crippen molar-refractivity contribution in [3.05, 3.63) is 10.9 Å². The van der Waals surface area contributed by atoms with E-state index >= 15 is 0 Å². The number of nitrogens with zero attached hydrogens (tertiary/aromatic N) is 1. The summed E-state index contributed by atoms with van der Waals surface area (Å²) in [7, 11) is 2.17. The number of rotatable bonds is 4. The van der Waals surface area contributed by atoms with Gasteiger partial charge < -0.3 is 4.90 Å². The van der Waals surface area contributed by atoms with Crippen LogP contribution in [0.2, 0.25) is 39.3 Å². The van der Waals surface area contributed by atoms with E-state index in [1.807, 2.05) is 0 Å². The van der Waals surface area contributed by atoms with E-state index in [0.717, 1.165) is 6.54 Å². The summed E-state index contributed by atoms with van der Waals surface area (Å²) in [4.78, 5) is 2.30. The van der Waals surface area contributed by atoms with Crippen LogP contribution in [0.4, 0.5) is 0 Å². The molecule has 0 radical (unpaired) electrons. The molecule has 0 aliphatic carbocycles. The molecule has 0 aliphatic heterocycles. The summed E-state index contributed by atoms with van der Waals surface area (Å²) >= 11 is 0. The number of likely N-dealkylation sites (N-methyl/N-ethyl adjacent to an activating group) is 1. The quantitative estimate of drug-likeness (QED) is 0.669. The van der Waals surface area contributed by atoms with Crippen molar-refractivity contribution in [2.24, 2.45) is 0 Å². The molecule has 0 heterocycles. The zero-order valence-corrected chi connectivity index (χ0v) is 13.2. The van der Waals surface area contributed by atoms with Crippen molar-refractivity contribution in [2.45, 2.75) is 39.3 Å². The van der Waals surface area contributed by atoms with E-state index in [2.05, 4.69) is 64.0 Å². The highest BCUT2D eigenvalue weighted by molar-refractivity contribution is 6.87. The van der Waals surface area contributed by atoms with Gasteiger partial charge in [0.05, 0.1) is 16.1 Å². The van der Waals surface area contributed by atoms with Crippen LogP contribution in [-0.2, 0) is 0 Å². The van der Waals surface area contributed by atoms with Crippen molar-refractivity contribution in [3.8, 4) is 0 Å². The van der Waals surface area contributed by atoms with Gasteiger partial charge in [-0.05, 0) is 14.1 Å². The molecule has 14 heavy (non-hydrogen) atoms. The van der Waals surface area contributed by atoms with E-state index in [9.17, 15) is 0 Å². The molecule has 0 spiro atoms. The van der Waals surface area contributed by atoms with Gasteiger partial charge in [0.2, 0.25) is 0 Å². The summed E-state index contributed by atoms with van der Waals surface area (Å²) in [6.07, 6.45) is 0. The third kappa shape index (κ3) is 6.57. The summed E-state index contributed by atoms with van der Waals surface area (Å²) in [6.45, 7) is 15.8. The van der Waals surface area contributed by atoms with Gasteiger partial charge in [0.1, 0.15) is 0 Å². The Morgan fingerprint density at radius 1 is 1.00 bits per heavy atom. The first kappa shape index (κ1) is 14.1. The van der Waals surface area contributed by atoms with Gasteiger partial charge in [0, 0.05) is 6.54 Å². The van der Waals surface area contributed by atoms with E-state index in [1.54, 1.807) is 5.20 Å². The van der Waals surface area contributed by atoms with Crippen molar-refractivity contribution >= 4 is 16.1 Å². The lowest BCUT2D eigenvalue weighted by atomic mass is 10.6. The molecule has 0 saturated heterocycles. The van der Waals surface area contributed by atoms with Gasteiger partial charge in [-0.25, -0.2) is 0 Å². The normalized spacial score (nSPS) is 15.1. The van der Waals surface area contributed by atoms with Crippen molar-refractivity contribution in [1.29, 1.82) is 0 Å². The Bertz CT molecular complexity index is 206. The Morgan fingerprint density at radius 3 is 1.64 bits per heavy atom. The average Bonchev–Trinajstić information content (AvgIpc) is 1.78. The highest BCUT2D eigenvalue weighted by atomic mass is 28.3. The van der Waals surface area contributed by atoms with E-state index < -0.39 is 16.1 Å². The first-order valence-corrected chi connectivity index (χ1v) is 12.5. The zero-order valence-electron chi connectivity index (χ0n) is 11.2. The van der Waals surface area contributed by atoms with Crippen LogP contribution in [0.25, 0.3) is 0 Å². The molecular formula is C11H27NSi2. The van der Waals surface area contributed by atoms with Gasteiger partial charge >= 0.3 is 0 Å². The van der Waals surface area contributed by atoms with Gasteiger partial charge in [-0.3, -0.25) is 0 Å². The van der Waals surface area contributed by atoms with Crippen molar-refractivity contribution in [1.82, 2.24) is 4.90 Å². The van der Waals surface area contributed by atoms with Crippen LogP contribution in [-0.4, -0.2) is 41.7 Å². The predicted molar refractivity (Wildman–Crippen MR) is 73.3 cm³/mol. The van der Waals surface area contributed by atoms with Crippen LogP contribution < -0.4 is 0 Å². The molecule has 0 fully saturated rings. The molecule has 0 aromatic heterocycles. The van der Waals surface area contributed by atoms with Crippen molar-refractivity contribution < 1.29 is 0 Å². The number of hydrogen-bond donors (Lipinski definition) is 0. The molecule has 0 aliphatic rings. The third-order valence-corrected chi connectivity index (χ3v) is 5.79. The zero-order chi connectivity index (χ0) is 11.6. The van der Waals surface area contributed by atoms with Crippen LogP contribution in [0.1, 0.15) is 0 Å². The highest BCUT2D eigenvalue weighted by Crippen LogP contribution is 2.18. The first-order valence-electron chi connectivity index (χ1n) is 5.39. The Balaban J connectivity index is 4.83. The SMILES string of the molecule is CN(C)C/C(=C/[Si](C)(C)C)[Si](C)(C)C. The van der Waals surface area contributed by atoms with Gasteiger partial charge in [0.15, 0.2) is 0 Å². The summed E-state index contributed by atoms with van der Waals surface area (Å²) in [5.74, 6) is 0. The standard InChI is InChI=1S/C11H27NSi2/c1-12(2)9-11(14(6,7)8)10-13(3,4)5/h10H,9H2,1-8H3/b11-10-. The molecule has 3 heteroatoms. The smallest absolute Gasteiger partial charge is 0.0732 e. The highest BCUT2D eigenvalue weighted by Gasteiger charge is 2.22. The maximum absolute atomic E-state index is 2.61. The third-order valence-electron chi connectivity index (χ3n) is 2.06. The van der Waals surface area contributed by atoms with Crippen LogP contribution >= 0.6 is 0 Å². The fourth-order valence-corrected chi connectivity index (χ4v) is 6.32. The molecule has 84 valence electrons. The Hall–Kier alpha value is 0.134. The Morgan fingerprint density at radius 2 is 1.43 bits per heavy atom. The molecule has 0 aromatic carbocycles. The largest absolute Gasteiger partial charge is 0.306 e. The lowest BCUT2D eigenvalue weighted by molar-refractivity contribution is 0.451. The van der Waals surface area contributed by atoms with E-state index in [1.165, 1.54) is 0 Å². The van der Waals surface area contributed by atoms with Gasteiger partial charge in [-0.15, -0.1) is 0 Å². The second-order valence-electron chi connectivity index (χ2n) is 6.52. The van der Waals surface area contributed by atoms with E-state index in [4.69, 9.17) is 0 Å². The van der Waals surface area contributed by atoms with Crippen LogP contribution in [0, 0.1) is 0 Å². The monoisotopic (exact) mass is 229 g/mol. The number of hydrogen-bond acceptors (Lipinski definition) is 1. The molecule has 0 amide bonds. The van der Waals surface area contributed by atoms with Gasteiger partial charge in [-0.1, -0.05) is 50.2 Å². The maximum atomic E-state index is 2.61. The molecule has 0 N–H and O–H groups in total. The second-order valence-corrected chi connectivity index (χ2v) is 16.7. The second kappa shape index (κ2) is 4.77. The molecule has 1 nitrogen and oxygen atoms in total. The summed E-state index contributed by atoms with van der Waals surface area (Å²) in [5, 5.41) is 1.72. The molecule has 0 atom stereocenters. The Kier molecular flexibility index (Phi) is 4.82. The fourth-order valence-electron chi connectivity index (χ4n) is 1.36. The van der Waals surface area contributed by atoms with Crippen LogP contribution in [0.3, 0.4) is 0 Å². The average molecular weight is 230 g/mol. The summed E-state index contributed by atoms with van der Waals surface area (Å²) in [6, 6.07) is 0. The topological polar surface area (TPSA) is 3.24 Å². The summed E-state index contributed by atoms with van der Waals surface area (Å²) in [5.41, 5.74) is 2.61. The van der Waals surface area contributed by atoms with E-state index in [-0.39, 0.29) is 0 Å². The van der Waals surface area contributed by atoms with Gasteiger partial charge in [-0.2, -0.15) is 0 Å². The molecule has 0 saturated carbocycles. The van der Waals surface area contributed by atoms with Crippen molar-refractivity contribution in [3.63, 3.8) is 0 Å². The molecule has 0 rings (SSSR count). The van der Waals surface area contributed by atoms with Crippen LogP contribution in [0.5, 0.6) is 0 Å². The fraction of sp³-hybridized carbons (Fsp3) is 0.818. The summed E-state index contributed by atoms with van der Waals surface area (Å²) < 4.78 is 0. The van der Waals surface area contributed by atoms with Crippen molar-refractivity contribution in [2.75, 3.05) is 20.6 Å². The minimum absolute atomic E-state index is 1.05. The molecule has 0 unspecified atom stereocenters. The lowest BCUT2D eigenvalue weighted by Crippen LogP contribution is -2.34. The van der Waals surface area contributed by atoms with Crippen LogP contribution in [0.15, 0.2) is 10.9 Å². The minimum Gasteiger partial charge on any atom is -0.306 e. The predicted octanol–water partition coefficient (Wildman–Crippen LogP) is 3.23.